The summed E-state index contributed by atoms with van der Waals surface area (Å²) in [7, 11) is 3.08. The van der Waals surface area contributed by atoms with Crippen LogP contribution in [0.25, 0.3) is 0 Å². The molecule has 0 radical (unpaired) electrons. The Kier molecular flexibility index (Phi) is 5.23. The van der Waals surface area contributed by atoms with E-state index in [1.807, 2.05) is 11.5 Å². The Morgan fingerprint density at radius 2 is 2.04 bits per heavy atom. The lowest BCUT2D eigenvalue weighted by molar-refractivity contribution is 0.0693. The monoisotopic (exact) mass is 331 g/mol. The zero-order chi connectivity index (χ0) is 17.9. The fourth-order valence-electron chi connectivity index (χ4n) is 2.53. The topological polar surface area (TPSA) is 84.7 Å². The Morgan fingerprint density at radius 1 is 1.33 bits per heavy atom. The summed E-state index contributed by atoms with van der Waals surface area (Å²) in [6, 6.07) is 2.94. The van der Waals surface area contributed by atoms with Gasteiger partial charge in [-0.2, -0.15) is 0 Å². The molecule has 0 spiro atoms. The van der Waals surface area contributed by atoms with E-state index in [9.17, 15) is 14.7 Å². The number of carboxylic acids is 1. The van der Waals surface area contributed by atoms with Crippen molar-refractivity contribution in [1.82, 2.24) is 14.5 Å². The SMILES string of the molecule is CCn1cncc1CN(C)C(=O)c1cc(C(=O)O)c(OC)cc1C. The first kappa shape index (κ1) is 17.5. The van der Waals surface area contributed by atoms with Gasteiger partial charge in [0, 0.05) is 25.4 Å². The van der Waals surface area contributed by atoms with Gasteiger partial charge in [-0.05, 0) is 31.5 Å². The number of aryl methyl sites for hydroxylation is 2. The maximum atomic E-state index is 12.7. The van der Waals surface area contributed by atoms with E-state index in [2.05, 4.69) is 4.98 Å². The van der Waals surface area contributed by atoms with Gasteiger partial charge in [-0.15, -0.1) is 0 Å². The standard InChI is InChI=1S/C17H21N3O4/c1-5-20-10-18-8-12(20)9-19(3)16(21)13-7-14(17(22)23)15(24-4)6-11(13)2/h6-8,10H,5,9H2,1-4H3,(H,22,23). The highest BCUT2D eigenvalue weighted by atomic mass is 16.5. The average molecular weight is 331 g/mol. The average Bonchev–Trinajstić information content (AvgIpc) is 3.00. The number of carbonyl (C=O) groups is 2. The molecule has 0 fully saturated rings. The lowest BCUT2D eigenvalue weighted by Gasteiger charge is -2.20. The number of rotatable bonds is 6. The number of hydrogen-bond donors (Lipinski definition) is 1. The molecule has 1 aromatic heterocycles. The number of hydrogen-bond acceptors (Lipinski definition) is 4. The van der Waals surface area contributed by atoms with E-state index < -0.39 is 5.97 Å². The Hall–Kier alpha value is -2.83. The number of methoxy groups -OCH3 is 1. The van der Waals surface area contributed by atoms with Crippen LogP contribution in [-0.4, -0.2) is 45.6 Å². The van der Waals surface area contributed by atoms with Crippen molar-refractivity contribution in [3.05, 3.63) is 47.0 Å². The summed E-state index contributed by atoms with van der Waals surface area (Å²) in [6.45, 7) is 4.91. The minimum atomic E-state index is -1.13. The zero-order valence-electron chi connectivity index (χ0n) is 14.2. The molecule has 0 aliphatic rings. The summed E-state index contributed by atoms with van der Waals surface area (Å²) < 4.78 is 7.03. The van der Waals surface area contributed by atoms with Crippen molar-refractivity contribution in [2.45, 2.75) is 26.9 Å². The van der Waals surface area contributed by atoms with Crippen LogP contribution in [0, 0.1) is 6.92 Å². The third-order valence-electron chi connectivity index (χ3n) is 3.89. The van der Waals surface area contributed by atoms with Crippen LogP contribution in [0.1, 0.15) is 38.9 Å². The second-order valence-corrected chi connectivity index (χ2v) is 5.50. The first-order chi connectivity index (χ1) is 11.4. The summed E-state index contributed by atoms with van der Waals surface area (Å²) in [4.78, 5) is 29.7. The van der Waals surface area contributed by atoms with Crippen molar-refractivity contribution in [2.24, 2.45) is 0 Å². The van der Waals surface area contributed by atoms with Crippen LogP contribution in [0.3, 0.4) is 0 Å². The predicted molar refractivity (Wildman–Crippen MR) is 88.4 cm³/mol. The van der Waals surface area contributed by atoms with Crippen LogP contribution in [0.4, 0.5) is 0 Å². The van der Waals surface area contributed by atoms with Crippen LogP contribution >= 0.6 is 0 Å². The van der Waals surface area contributed by atoms with Gasteiger partial charge in [0.1, 0.15) is 11.3 Å². The van der Waals surface area contributed by atoms with Gasteiger partial charge in [-0.25, -0.2) is 9.78 Å². The summed E-state index contributed by atoms with van der Waals surface area (Å²) in [5.41, 5.74) is 1.90. The first-order valence-electron chi connectivity index (χ1n) is 7.55. The van der Waals surface area contributed by atoms with Crippen LogP contribution in [0.15, 0.2) is 24.7 Å². The molecule has 1 heterocycles. The fraction of sp³-hybridized carbons (Fsp3) is 0.353. The lowest BCUT2D eigenvalue weighted by Crippen LogP contribution is -2.28. The molecule has 24 heavy (non-hydrogen) atoms. The van der Waals surface area contributed by atoms with Crippen molar-refractivity contribution in [3.63, 3.8) is 0 Å². The number of carbonyl (C=O) groups excluding carboxylic acids is 1. The summed E-state index contributed by atoms with van der Waals surface area (Å²) in [5, 5.41) is 9.29. The van der Waals surface area contributed by atoms with E-state index in [4.69, 9.17) is 4.74 Å². The molecule has 0 bridgehead atoms. The summed E-state index contributed by atoms with van der Waals surface area (Å²) in [6.07, 6.45) is 3.44. The highest BCUT2D eigenvalue weighted by Crippen LogP contribution is 2.24. The van der Waals surface area contributed by atoms with Gasteiger partial charge in [-0.3, -0.25) is 4.79 Å². The van der Waals surface area contributed by atoms with E-state index in [1.165, 1.54) is 13.2 Å². The van der Waals surface area contributed by atoms with E-state index in [0.29, 0.717) is 17.7 Å². The van der Waals surface area contributed by atoms with Gasteiger partial charge in [0.2, 0.25) is 0 Å². The quantitative estimate of drug-likeness (QED) is 0.877. The Bertz CT molecular complexity index is 767. The van der Waals surface area contributed by atoms with Crippen LogP contribution < -0.4 is 4.74 Å². The van der Waals surface area contributed by atoms with Crippen molar-refractivity contribution < 1.29 is 19.4 Å². The second-order valence-electron chi connectivity index (χ2n) is 5.50. The number of imidazole rings is 1. The van der Waals surface area contributed by atoms with Gasteiger partial charge >= 0.3 is 5.97 Å². The molecule has 7 nitrogen and oxygen atoms in total. The van der Waals surface area contributed by atoms with Crippen LogP contribution in [0.5, 0.6) is 5.75 Å². The molecule has 1 N–H and O–H groups in total. The molecule has 128 valence electrons. The van der Waals surface area contributed by atoms with Crippen molar-refractivity contribution >= 4 is 11.9 Å². The molecule has 0 saturated carbocycles. The number of amides is 1. The molecule has 2 rings (SSSR count). The van der Waals surface area contributed by atoms with Gasteiger partial charge in [-0.1, -0.05) is 0 Å². The predicted octanol–water partition coefficient (Wildman–Crippen LogP) is 2.19. The normalized spacial score (nSPS) is 10.5. The maximum Gasteiger partial charge on any atom is 0.339 e. The third-order valence-corrected chi connectivity index (χ3v) is 3.89. The fourth-order valence-corrected chi connectivity index (χ4v) is 2.53. The van der Waals surface area contributed by atoms with Crippen molar-refractivity contribution in [2.75, 3.05) is 14.2 Å². The second kappa shape index (κ2) is 7.16. The molecule has 0 atom stereocenters. The molecule has 1 aromatic carbocycles. The van der Waals surface area contributed by atoms with Gasteiger partial charge in [0.05, 0.1) is 25.7 Å². The number of ether oxygens (including phenoxy) is 1. The molecule has 0 saturated heterocycles. The Labute approximate surface area is 140 Å². The molecule has 0 aliphatic carbocycles. The molecule has 0 unspecified atom stereocenters. The molecule has 2 aromatic rings. The maximum absolute atomic E-state index is 12.7. The first-order valence-corrected chi connectivity index (χ1v) is 7.55. The number of nitrogens with zero attached hydrogens (tertiary/aromatic N) is 3. The molecule has 7 heteroatoms. The summed E-state index contributed by atoms with van der Waals surface area (Å²) in [5.74, 6) is -1.14. The van der Waals surface area contributed by atoms with Crippen LogP contribution in [-0.2, 0) is 13.1 Å². The Morgan fingerprint density at radius 3 is 2.62 bits per heavy atom. The van der Waals surface area contributed by atoms with E-state index >= 15 is 0 Å². The highest BCUT2D eigenvalue weighted by molar-refractivity contribution is 6.00. The number of aromatic carboxylic acids is 1. The molecular formula is C17H21N3O4. The van der Waals surface area contributed by atoms with Crippen molar-refractivity contribution in [3.8, 4) is 5.75 Å². The summed E-state index contributed by atoms with van der Waals surface area (Å²) >= 11 is 0. The number of aromatic nitrogens is 2. The minimum Gasteiger partial charge on any atom is -0.496 e. The number of carboxylic acid groups (broad SMARTS) is 1. The largest absolute Gasteiger partial charge is 0.496 e. The van der Waals surface area contributed by atoms with Crippen LogP contribution in [0.2, 0.25) is 0 Å². The van der Waals surface area contributed by atoms with E-state index in [1.54, 1.807) is 37.5 Å². The van der Waals surface area contributed by atoms with Gasteiger partial charge in [0.25, 0.3) is 5.91 Å². The molecular weight excluding hydrogens is 310 g/mol. The van der Waals surface area contributed by atoms with E-state index in [-0.39, 0.29) is 17.2 Å². The molecule has 0 aliphatic heterocycles. The zero-order valence-corrected chi connectivity index (χ0v) is 14.2. The molecule has 1 amide bonds. The van der Waals surface area contributed by atoms with Gasteiger partial charge < -0.3 is 19.3 Å². The number of benzene rings is 1. The van der Waals surface area contributed by atoms with E-state index in [0.717, 1.165) is 12.2 Å². The smallest absolute Gasteiger partial charge is 0.339 e. The third kappa shape index (κ3) is 3.40. The lowest BCUT2D eigenvalue weighted by atomic mass is 10.0. The minimum absolute atomic E-state index is 0.0292. The highest BCUT2D eigenvalue weighted by Gasteiger charge is 2.21. The van der Waals surface area contributed by atoms with Gasteiger partial charge in [0.15, 0.2) is 0 Å². The van der Waals surface area contributed by atoms with Crippen molar-refractivity contribution in [1.29, 1.82) is 0 Å². The Balaban J connectivity index is 2.31.